The van der Waals surface area contributed by atoms with Crippen LogP contribution in [0.2, 0.25) is 0 Å². The Bertz CT molecular complexity index is 355. The maximum Gasteiger partial charge on any atom is 0.0695 e. The zero-order chi connectivity index (χ0) is 13.5. The molecule has 1 aliphatic rings. The maximum atomic E-state index is 10.3. The van der Waals surface area contributed by atoms with Gasteiger partial charge in [-0.1, -0.05) is 49.6 Å². The zero-order valence-corrected chi connectivity index (χ0v) is 11.5. The first-order valence-electron chi connectivity index (χ1n) is 7.38. The van der Waals surface area contributed by atoms with Crippen molar-refractivity contribution in [2.75, 3.05) is 13.2 Å². The van der Waals surface area contributed by atoms with Gasteiger partial charge in [0.25, 0.3) is 0 Å². The highest BCUT2D eigenvalue weighted by atomic mass is 16.3. The molecule has 1 fully saturated rings. The molecule has 1 aromatic carbocycles. The van der Waals surface area contributed by atoms with Crippen LogP contribution in [0, 0.1) is 0 Å². The summed E-state index contributed by atoms with van der Waals surface area (Å²) in [5.74, 6) is 0. The van der Waals surface area contributed by atoms with E-state index in [0.29, 0.717) is 6.54 Å². The van der Waals surface area contributed by atoms with Gasteiger partial charge in [0.1, 0.15) is 0 Å². The van der Waals surface area contributed by atoms with Crippen LogP contribution in [0.15, 0.2) is 30.3 Å². The van der Waals surface area contributed by atoms with Crippen molar-refractivity contribution >= 4 is 0 Å². The highest BCUT2D eigenvalue weighted by Crippen LogP contribution is 2.23. The van der Waals surface area contributed by atoms with Gasteiger partial charge in [0.2, 0.25) is 0 Å². The van der Waals surface area contributed by atoms with Gasteiger partial charge in [-0.15, -0.1) is 0 Å². The Morgan fingerprint density at radius 3 is 2.53 bits per heavy atom. The smallest absolute Gasteiger partial charge is 0.0695 e. The Labute approximate surface area is 115 Å². The Hall–Kier alpha value is -0.900. The van der Waals surface area contributed by atoms with E-state index in [1.54, 1.807) is 0 Å². The molecule has 0 radical (unpaired) electrons. The zero-order valence-electron chi connectivity index (χ0n) is 11.5. The standard InChI is InChI=1S/C16H25NO2/c18-12-11-17(13-14-7-3-1-4-8-14)15-9-5-2-6-10-16(15)19/h1,3-4,7-8,15-16,18-19H,2,5-6,9-13H2. The van der Waals surface area contributed by atoms with Crippen molar-refractivity contribution in [2.24, 2.45) is 0 Å². The minimum atomic E-state index is -0.252. The number of aliphatic hydroxyl groups is 2. The first-order chi connectivity index (χ1) is 9.31. The molecule has 1 saturated carbocycles. The van der Waals surface area contributed by atoms with Gasteiger partial charge < -0.3 is 10.2 Å². The molecule has 0 saturated heterocycles. The van der Waals surface area contributed by atoms with Crippen LogP contribution in [0.5, 0.6) is 0 Å². The van der Waals surface area contributed by atoms with E-state index in [-0.39, 0.29) is 18.8 Å². The summed E-state index contributed by atoms with van der Waals surface area (Å²) in [6, 6.07) is 10.5. The summed E-state index contributed by atoms with van der Waals surface area (Å²) in [4.78, 5) is 2.24. The number of hydrogen-bond acceptors (Lipinski definition) is 3. The van der Waals surface area contributed by atoms with Gasteiger partial charge in [0.05, 0.1) is 12.7 Å². The monoisotopic (exact) mass is 263 g/mol. The van der Waals surface area contributed by atoms with Crippen LogP contribution in [0.1, 0.15) is 37.7 Å². The maximum absolute atomic E-state index is 10.3. The quantitative estimate of drug-likeness (QED) is 0.800. The molecule has 0 aromatic heterocycles. The molecule has 3 heteroatoms. The third kappa shape index (κ3) is 4.30. The molecule has 0 amide bonds. The predicted octanol–water partition coefficient (Wildman–Crippen LogP) is 2.17. The van der Waals surface area contributed by atoms with Crippen molar-refractivity contribution in [3.05, 3.63) is 35.9 Å². The number of nitrogens with zero attached hydrogens (tertiary/aromatic N) is 1. The lowest BCUT2D eigenvalue weighted by atomic mass is 10.0. The van der Waals surface area contributed by atoms with E-state index in [9.17, 15) is 10.2 Å². The third-order valence-electron chi connectivity index (χ3n) is 4.03. The first-order valence-corrected chi connectivity index (χ1v) is 7.38. The molecular formula is C16H25NO2. The second kappa shape index (κ2) is 7.63. The summed E-state index contributed by atoms with van der Waals surface area (Å²) in [5, 5.41) is 19.6. The van der Waals surface area contributed by atoms with E-state index in [1.165, 1.54) is 18.4 Å². The molecule has 2 rings (SSSR count). The summed E-state index contributed by atoms with van der Waals surface area (Å²) in [6.45, 7) is 1.59. The molecular weight excluding hydrogens is 238 g/mol. The Morgan fingerprint density at radius 1 is 1.05 bits per heavy atom. The fourth-order valence-electron chi connectivity index (χ4n) is 3.00. The SMILES string of the molecule is OCCN(Cc1ccccc1)C1CCCCCC1O. The van der Waals surface area contributed by atoms with E-state index in [1.807, 2.05) is 18.2 Å². The van der Waals surface area contributed by atoms with Gasteiger partial charge in [0, 0.05) is 19.1 Å². The minimum Gasteiger partial charge on any atom is -0.395 e. The normalized spacial score (nSPS) is 24.4. The molecule has 0 bridgehead atoms. The lowest BCUT2D eigenvalue weighted by Crippen LogP contribution is -2.44. The van der Waals surface area contributed by atoms with E-state index >= 15 is 0 Å². The summed E-state index contributed by atoms with van der Waals surface area (Å²) < 4.78 is 0. The van der Waals surface area contributed by atoms with E-state index in [4.69, 9.17) is 0 Å². The average molecular weight is 263 g/mol. The van der Waals surface area contributed by atoms with Gasteiger partial charge in [0.15, 0.2) is 0 Å². The van der Waals surface area contributed by atoms with Crippen molar-refractivity contribution in [3.63, 3.8) is 0 Å². The molecule has 0 aliphatic heterocycles. The molecule has 3 nitrogen and oxygen atoms in total. The van der Waals surface area contributed by atoms with Crippen molar-refractivity contribution in [1.29, 1.82) is 0 Å². The van der Waals surface area contributed by atoms with Crippen molar-refractivity contribution in [2.45, 2.75) is 50.8 Å². The fraction of sp³-hybridized carbons (Fsp3) is 0.625. The van der Waals surface area contributed by atoms with Crippen LogP contribution in [0.4, 0.5) is 0 Å². The van der Waals surface area contributed by atoms with Gasteiger partial charge in [-0.05, 0) is 18.4 Å². The molecule has 0 heterocycles. The van der Waals surface area contributed by atoms with Crippen molar-refractivity contribution < 1.29 is 10.2 Å². The minimum absolute atomic E-state index is 0.149. The molecule has 2 unspecified atom stereocenters. The van der Waals surface area contributed by atoms with Crippen LogP contribution < -0.4 is 0 Å². The summed E-state index contributed by atoms with van der Waals surface area (Å²) in [5.41, 5.74) is 1.24. The van der Waals surface area contributed by atoms with Crippen LogP contribution in [-0.4, -0.2) is 40.4 Å². The summed E-state index contributed by atoms with van der Waals surface area (Å²) in [6.07, 6.45) is 5.19. The van der Waals surface area contributed by atoms with Gasteiger partial charge in [-0.3, -0.25) is 4.90 Å². The highest BCUT2D eigenvalue weighted by molar-refractivity contribution is 5.14. The lowest BCUT2D eigenvalue weighted by molar-refractivity contribution is 0.0306. The average Bonchev–Trinajstić information content (AvgIpc) is 2.64. The summed E-state index contributed by atoms with van der Waals surface area (Å²) in [7, 11) is 0. The number of aliphatic hydroxyl groups excluding tert-OH is 2. The topological polar surface area (TPSA) is 43.7 Å². The number of hydrogen-bond donors (Lipinski definition) is 2. The highest BCUT2D eigenvalue weighted by Gasteiger charge is 2.27. The molecule has 2 atom stereocenters. The molecule has 19 heavy (non-hydrogen) atoms. The van der Waals surface area contributed by atoms with E-state index < -0.39 is 0 Å². The molecule has 2 N–H and O–H groups in total. The van der Waals surface area contributed by atoms with Crippen LogP contribution in [0.3, 0.4) is 0 Å². The van der Waals surface area contributed by atoms with Crippen LogP contribution >= 0.6 is 0 Å². The second-order valence-electron chi connectivity index (χ2n) is 5.45. The van der Waals surface area contributed by atoms with Gasteiger partial charge in [-0.2, -0.15) is 0 Å². The van der Waals surface area contributed by atoms with Gasteiger partial charge >= 0.3 is 0 Å². The Balaban J connectivity index is 2.05. The third-order valence-corrected chi connectivity index (χ3v) is 4.03. The predicted molar refractivity (Wildman–Crippen MR) is 76.8 cm³/mol. The summed E-state index contributed by atoms with van der Waals surface area (Å²) >= 11 is 0. The molecule has 106 valence electrons. The van der Waals surface area contributed by atoms with E-state index in [0.717, 1.165) is 25.8 Å². The van der Waals surface area contributed by atoms with E-state index in [2.05, 4.69) is 17.0 Å². The number of benzene rings is 1. The fourth-order valence-corrected chi connectivity index (χ4v) is 3.00. The van der Waals surface area contributed by atoms with Crippen LogP contribution in [-0.2, 0) is 6.54 Å². The van der Waals surface area contributed by atoms with Gasteiger partial charge in [-0.25, -0.2) is 0 Å². The lowest BCUT2D eigenvalue weighted by Gasteiger charge is -2.33. The second-order valence-corrected chi connectivity index (χ2v) is 5.45. The molecule has 1 aliphatic carbocycles. The van der Waals surface area contributed by atoms with Crippen LogP contribution in [0.25, 0.3) is 0 Å². The molecule has 1 aromatic rings. The largest absolute Gasteiger partial charge is 0.395 e. The molecule has 0 spiro atoms. The Morgan fingerprint density at radius 2 is 1.79 bits per heavy atom. The number of rotatable bonds is 5. The Kier molecular flexibility index (Phi) is 5.83. The van der Waals surface area contributed by atoms with Crippen molar-refractivity contribution in [3.8, 4) is 0 Å². The van der Waals surface area contributed by atoms with Crippen molar-refractivity contribution in [1.82, 2.24) is 4.90 Å². The first kappa shape index (κ1) is 14.5.